The molecule has 20 heavy (non-hydrogen) atoms. The summed E-state index contributed by atoms with van der Waals surface area (Å²) in [6, 6.07) is 5.25. The molecule has 0 spiro atoms. The summed E-state index contributed by atoms with van der Waals surface area (Å²) in [5.74, 6) is 1.89. The first-order valence-corrected chi connectivity index (χ1v) is 7.01. The molecule has 0 aliphatic carbocycles. The van der Waals surface area contributed by atoms with Gasteiger partial charge in [0.2, 0.25) is 0 Å². The van der Waals surface area contributed by atoms with Crippen molar-refractivity contribution in [1.29, 1.82) is 0 Å². The van der Waals surface area contributed by atoms with Crippen molar-refractivity contribution in [3.05, 3.63) is 24.0 Å². The van der Waals surface area contributed by atoms with Crippen LogP contribution in [0.5, 0.6) is 5.75 Å². The third kappa shape index (κ3) is 2.41. The topological polar surface area (TPSA) is 58.5 Å². The number of rotatable bonds is 3. The maximum absolute atomic E-state index is 9.60. The lowest BCUT2D eigenvalue weighted by Gasteiger charge is -2.19. The van der Waals surface area contributed by atoms with Gasteiger partial charge in [-0.3, -0.25) is 0 Å². The quantitative estimate of drug-likeness (QED) is 0.929. The molecule has 3 rings (SSSR count). The highest BCUT2D eigenvalue weighted by Crippen LogP contribution is 2.29. The van der Waals surface area contributed by atoms with E-state index in [1.165, 1.54) is 0 Å². The van der Waals surface area contributed by atoms with Crippen LogP contribution in [-0.2, 0) is 4.74 Å². The summed E-state index contributed by atoms with van der Waals surface area (Å²) in [5.41, 5.74) is 0.785. The van der Waals surface area contributed by atoms with Gasteiger partial charge >= 0.3 is 0 Å². The summed E-state index contributed by atoms with van der Waals surface area (Å²) in [6.07, 6.45) is 1.30. The molecule has 1 aromatic carbocycles. The first kappa shape index (κ1) is 13.1. The Morgan fingerprint density at radius 3 is 3.05 bits per heavy atom. The second-order valence-corrected chi connectivity index (χ2v) is 5.11. The Morgan fingerprint density at radius 2 is 2.25 bits per heavy atom. The lowest BCUT2D eigenvalue weighted by Crippen LogP contribution is -2.24. The smallest absolute Gasteiger partial charge is 0.140 e. The van der Waals surface area contributed by atoms with Crippen LogP contribution in [0, 0.1) is 6.92 Å². The minimum atomic E-state index is 0.232. The van der Waals surface area contributed by atoms with Crippen molar-refractivity contribution >= 4 is 16.7 Å². The Balaban J connectivity index is 1.99. The van der Waals surface area contributed by atoms with Crippen molar-refractivity contribution in [2.75, 3.05) is 24.6 Å². The molecule has 5 nitrogen and oxygen atoms in total. The van der Waals surface area contributed by atoms with Crippen LogP contribution in [0.25, 0.3) is 10.9 Å². The molecular formula is C15H19N3O2. The van der Waals surface area contributed by atoms with Gasteiger partial charge < -0.3 is 14.7 Å². The minimum absolute atomic E-state index is 0.232. The van der Waals surface area contributed by atoms with Crippen molar-refractivity contribution in [2.24, 2.45) is 0 Å². The van der Waals surface area contributed by atoms with Gasteiger partial charge in [0.1, 0.15) is 17.4 Å². The molecule has 1 aliphatic rings. The van der Waals surface area contributed by atoms with Crippen LogP contribution in [0.4, 0.5) is 5.82 Å². The fraction of sp³-hybridized carbons (Fsp3) is 0.467. The summed E-state index contributed by atoms with van der Waals surface area (Å²) >= 11 is 0. The molecule has 2 aromatic rings. The van der Waals surface area contributed by atoms with E-state index in [4.69, 9.17) is 4.74 Å². The molecule has 5 heteroatoms. The van der Waals surface area contributed by atoms with E-state index in [-0.39, 0.29) is 11.9 Å². The van der Waals surface area contributed by atoms with Crippen molar-refractivity contribution in [1.82, 2.24) is 9.97 Å². The highest BCUT2D eigenvalue weighted by molar-refractivity contribution is 5.90. The van der Waals surface area contributed by atoms with Gasteiger partial charge in [0, 0.05) is 31.1 Å². The number of aromatic hydroxyl groups is 1. The highest BCUT2D eigenvalue weighted by atomic mass is 16.5. The van der Waals surface area contributed by atoms with E-state index in [0.717, 1.165) is 48.7 Å². The van der Waals surface area contributed by atoms with Gasteiger partial charge in [0.05, 0.1) is 11.6 Å². The van der Waals surface area contributed by atoms with Crippen molar-refractivity contribution < 1.29 is 9.84 Å². The van der Waals surface area contributed by atoms with Crippen molar-refractivity contribution in [2.45, 2.75) is 26.4 Å². The Morgan fingerprint density at radius 1 is 1.40 bits per heavy atom. The Bertz CT molecular complexity index is 625. The van der Waals surface area contributed by atoms with Crippen molar-refractivity contribution in [3.8, 4) is 5.75 Å². The van der Waals surface area contributed by atoms with E-state index in [1.54, 1.807) is 12.1 Å². The number of anilines is 1. The zero-order valence-corrected chi connectivity index (χ0v) is 11.8. The molecule has 1 fully saturated rings. The molecule has 1 unspecified atom stereocenters. The third-order valence-electron chi connectivity index (χ3n) is 3.62. The summed E-state index contributed by atoms with van der Waals surface area (Å²) in [5, 5.41) is 10.6. The van der Waals surface area contributed by atoms with Crippen molar-refractivity contribution in [3.63, 3.8) is 0 Å². The average molecular weight is 273 g/mol. The molecule has 1 atom stereocenters. The predicted octanol–water partition coefficient (Wildman–Crippen LogP) is 2.26. The van der Waals surface area contributed by atoms with E-state index in [2.05, 4.69) is 14.9 Å². The van der Waals surface area contributed by atoms with Gasteiger partial charge in [0.15, 0.2) is 0 Å². The SMILES string of the molecule is CCOC1CCN(c2nc(C)nc3cc(O)ccc23)C1. The van der Waals surface area contributed by atoms with Crippen LogP contribution in [0.15, 0.2) is 18.2 Å². The molecule has 0 saturated carbocycles. The average Bonchev–Trinajstić information content (AvgIpc) is 2.86. The monoisotopic (exact) mass is 273 g/mol. The molecule has 1 aliphatic heterocycles. The predicted molar refractivity (Wildman–Crippen MR) is 78.2 cm³/mol. The molecule has 0 radical (unpaired) electrons. The van der Waals surface area contributed by atoms with Crippen LogP contribution in [0.1, 0.15) is 19.2 Å². The van der Waals surface area contributed by atoms with Crippen LogP contribution >= 0.6 is 0 Å². The maximum atomic E-state index is 9.60. The largest absolute Gasteiger partial charge is 0.508 e. The van der Waals surface area contributed by atoms with Crippen LogP contribution in [-0.4, -0.2) is 40.9 Å². The molecule has 106 valence electrons. The van der Waals surface area contributed by atoms with Crippen LogP contribution < -0.4 is 4.90 Å². The number of fused-ring (bicyclic) bond motifs is 1. The number of nitrogens with zero attached hydrogens (tertiary/aromatic N) is 3. The highest BCUT2D eigenvalue weighted by Gasteiger charge is 2.25. The number of phenols is 1. The standard InChI is InChI=1S/C15H19N3O2/c1-3-20-12-6-7-18(9-12)15-13-5-4-11(19)8-14(13)16-10(2)17-15/h4-5,8,12,19H,3,6-7,9H2,1-2H3. The first-order valence-electron chi connectivity index (χ1n) is 7.01. The van der Waals surface area contributed by atoms with Gasteiger partial charge in [-0.25, -0.2) is 9.97 Å². The fourth-order valence-corrected chi connectivity index (χ4v) is 2.75. The molecule has 0 amide bonds. The summed E-state index contributed by atoms with van der Waals surface area (Å²) in [7, 11) is 0. The van der Waals surface area contributed by atoms with E-state index in [9.17, 15) is 5.11 Å². The number of benzene rings is 1. The molecule has 1 aromatic heterocycles. The molecule has 2 heterocycles. The van der Waals surface area contributed by atoms with Gasteiger partial charge in [-0.05, 0) is 32.4 Å². The van der Waals surface area contributed by atoms with E-state index in [1.807, 2.05) is 19.9 Å². The Hall–Kier alpha value is -1.88. The lowest BCUT2D eigenvalue weighted by molar-refractivity contribution is 0.0787. The summed E-state index contributed by atoms with van der Waals surface area (Å²) < 4.78 is 5.69. The van der Waals surface area contributed by atoms with Gasteiger partial charge in [-0.1, -0.05) is 0 Å². The van der Waals surface area contributed by atoms with E-state index < -0.39 is 0 Å². The summed E-state index contributed by atoms with van der Waals surface area (Å²) in [4.78, 5) is 11.2. The van der Waals surface area contributed by atoms with E-state index >= 15 is 0 Å². The van der Waals surface area contributed by atoms with Gasteiger partial charge in [-0.2, -0.15) is 0 Å². The van der Waals surface area contributed by atoms with Crippen LogP contribution in [0.3, 0.4) is 0 Å². The molecular weight excluding hydrogens is 254 g/mol. The van der Waals surface area contributed by atoms with E-state index in [0.29, 0.717) is 0 Å². The fourth-order valence-electron chi connectivity index (χ4n) is 2.75. The number of hydrogen-bond acceptors (Lipinski definition) is 5. The normalized spacial score (nSPS) is 18.9. The zero-order chi connectivity index (χ0) is 14.1. The molecule has 0 bridgehead atoms. The second kappa shape index (κ2) is 5.25. The third-order valence-corrected chi connectivity index (χ3v) is 3.62. The Kier molecular flexibility index (Phi) is 3.44. The lowest BCUT2D eigenvalue weighted by atomic mass is 10.2. The number of ether oxygens (including phenoxy) is 1. The number of hydrogen-bond donors (Lipinski definition) is 1. The first-order chi connectivity index (χ1) is 9.67. The zero-order valence-electron chi connectivity index (χ0n) is 11.8. The molecule has 1 saturated heterocycles. The van der Waals surface area contributed by atoms with Gasteiger partial charge in [0.25, 0.3) is 0 Å². The Labute approximate surface area is 118 Å². The number of aromatic nitrogens is 2. The molecule has 1 N–H and O–H groups in total. The summed E-state index contributed by atoms with van der Waals surface area (Å²) in [6.45, 7) is 6.45. The number of aryl methyl sites for hydroxylation is 1. The minimum Gasteiger partial charge on any atom is -0.508 e. The second-order valence-electron chi connectivity index (χ2n) is 5.11. The van der Waals surface area contributed by atoms with Gasteiger partial charge in [-0.15, -0.1) is 0 Å². The maximum Gasteiger partial charge on any atom is 0.140 e. The number of phenolic OH excluding ortho intramolecular Hbond substituents is 1. The van der Waals surface area contributed by atoms with Crippen LogP contribution in [0.2, 0.25) is 0 Å².